The summed E-state index contributed by atoms with van der Waals surface area (Å²) in [6.07, 6.45) is 0.990. The van der Waals surface area contributed by atoms with Crippen LogP contribution in [0.15, 0.2) is 5.38 Å². The van der Waals surface area contributed by atoms with Crippen molar-refractivity contribution in [2.45, 2.75) is 26.3 Å². The normalized spacial score (nSPS) is 23.0. The molecule has 102 valence electrons. The molecule has 1 aromatic heterocycles. The minimum absolute atomic E-state index is 0. The first-order chi connectivity index (χ1) is 8.04. The van der Waals surface area contributed by atoms with Gasteiger partial charge in [-0.25, -0.2) is 0 Å². The van der Waals surface area contributed by atoms with Crippen LogP contribution in [-0.4, -0.2) is 29.9 Å². The van der Waals surface area contributed by atoms with Crippen molar-refractivity contribution in [1.82, 2.24) is 4.90 Å². The van der Waals surface area contributed by atoms with Gasteiger partial charge >= 0.3 is 0 Å². The number of carbonyl (C=O) groups is 1. The molecule has 1 fully saturated rings. The van der Waals surface area contributed by atoms with E-state index in [1.54, 1.807) is 0 Å². The van der Waals surface area contributed by atoms with E-state index in [0.717, 1.165) is 18.5 Å². The van der Waals surface area contributed by atoms with Gasteiger partial charge < -0.3 is 10.6 Å². The first-order valence-electron chi connectivity index (χ1n) is 5.79. The van der Waals surface area contributed by atoms with E-state index in [1.807, 2.05) is 17.2 Å². The summed E-state index contributed by atoms with van der Waals surface area (Å²) >= 11 is 7.57. The monoisotopic (exact) mass is 308 g/mol. The fraction of sp³-hybridized carbons (Fsp3) is 0.583. The molecular weight excluding hydrogens is 291 g/mol. The van der Waals surface area contributed by atoms with Crippen LogP contribution in [0.2, 0.25) is 5.02 Å². The molecular formula is C12H18Cl2N2OS. The summed E-state index contributed by atoms with van der Waals surface area (Å²) in [7, 11) is 0. The third kappa shape index (κ3) is 2.82. The number of likely N-dealkylation sites (tertiary alicyclic amines) is 1. The molecule has 1 saturated heterocycles. The Morgan fingerprint density at radius 3 is 2.78 bits per heavy atom. The first kappa shape index (κ1) is 15.8. The fourth-order valence-corrected chi connectivity index (χ4v) is 3.53. The van der Waals surface area contributed by atoms with Gasteiger partial charge in [0, 0.05) is 12.6 Å². The zero-order valence-corrected chi connectivity index (χ0v) is 12.9. The van der Waals surface area contributed by atoms with Crippen LogP contribution in [0.5, 0.6) is 0 Å². The van der Waals surface area contributed by atoms with E-state index >= 15 is 0 Å². The molecule has 1 aromatic rings. The lowest BCUT2D eigenvalue weighted by atomic mass is 10.1. The molecule has 0 aliphatic carbocycles. The summed E-state index contributed by atoms with van der Waals surface area (Å²) in [6, 6.07) is 0.259. The Bertz CT molecular complexity index is 436. The smallest absolute Gasteiger partial charge is 0.265 e. The van der Waals surface area contributed by atoms with Crippen molar-refractivity contribution in [3.63, 3.8) is 0 Å². The quantitative estimate of drug-likeness (QED) is 0.913. The maximum atomic E-state index is 12.4. The number of amides is 1. The van der Waals surface area contributed by atoms with E-state index in [4.69, 9.17) is 17.3 Å². The summed E-state index contributed by atoms with van der Waals surface area (Å²) in [5.74, 6) is 0.477. The van der Waals surface area contributed by atoms with Gasteiger partial charge in [0.05, 0.1) is 5.02 Å². The van der Waals surface area contributed by atoms with Gasteiger partial charge in [-0.15, -0.1) is 23.7 Å². The van der Waals surface area contributed by atoms with E-state index in [9.17, 15) is 4.79 Å². The third-order valence-corrected chi connectivity index (χ3v) is 5.03. The molecule has 2 atom stereocenters. The van der Waals surface area contributed by atoms with Crippen molar-refractivity contribution >= 4 is 41.3 Å². The Kier molecular flexibility index (Phi) is 5.46. The van der Waals surface area contributed by atoms with Crippen LogP contribution in [0.1, 0.15) is 28.6 Å². The van der Waals surface area contributed by atoms with Gasteiger partial charge in [0.1, 0.15) is 4.88 Å². The summed E-state index contributed by atoms with van der Waals surface area (Å²) in [5.41, 5.74) is 6.64. The van der Waals surface area contributed by atoms with Crippen LogP contribution in [0, 0.1) is 12.8 Å². The van der Waals surface area contributed by atoms with E-state index in [-0.39, 0.29) is 24.4 Å². The van der Waals surface area contributed by atoms with Crippen molar-refractivity contribution in [2.75, 3.05) is 13.1 Å². The fourth-order valence-electron chi connectivity index (χ4n) is 2.30. The van der Waals surface area contributed by atoms with E-state index in [2.05, 4.69) is 6.92 Å². The lowest BCUT2D eigenvalue weighted by molar-refractivity contribution is 0.0748. The number of nitrogens with zero attached hydrogens (tertiary/aromatic N) is 1. The van der Waals surface area contributed by atoms with E-state index in [0.29, 0.717) is 22.4 Å². The molecule has 1 aliphatic rings. The summed E-state index contributed by atoms with van der Waals surface area (Å²) in [4.78, 5) is 14.9. The standard InChI is InChI=1S/C12H17ClN2OS.ClH/c1-7-6-17-11(10(7)13)12(16)15-5-9(4-14)3-8(15)2;/h6,8-9H,3-5,14H2,1-2H3;1H. The third-order valence-electron chi connectivity index (χ3n) is 3.35. The molecule has 2 unspecified atom stereocenters. The number of hydrogen-bond donors (Lipinski definition) is 1. The highest BCUT2D eigenvalue weighted by atomic mass is 35.5. The topological polar surface area (TPSA) is 46.3 Å². The van der Waals surface area contributed by atoms with Crippen LogP contribution in [0.25, 0.3) is 0 Å². The zero-order chi connectivity index (χ0) is 12.6. The molecule has 1 aliphatic heterocycles. The first-order valence-corrected chi connectivity index (χ1v) is 7.05. The molecule has 2 rings (SSSR count). The van der Waals surface area contributed by atoms with Crippen LogP contribution < -0.4 is 5.73 Å². The molecule has 0 bridgehead atoms. The highest BCUT2D eigenvalue weighted by Crippen LogP contribution is 2.31. The number of nitrogens with two attached hydrogens (primary N) is 1. The lowest BCUT2D eigenvalue weighted by Gasteiger charge is -2.20. The highest BCUT2D eigenvalue weighted by molar-refractivity contribution is 7.13. The summed E-state index contributed by atoms with van der Waals surface area (Å²) < 4.78 is 0. The molecule has 2 heterocycles. The Morgan fingerprint density at radius 2 is 2.33 bits per heavy atom. The predicted octanol–water partition coefficient (Wildman–Crippen LogP) is 2.94. The molecule has 1 amide bonds. The Morgan fingerprint density at radius 1 is 1.67 bits per heavy atom. The molecule has 0 spiro atoms. The predicted molar refractivity (Wildman–Crippen MR) is 79.0 cm³/mol. The second-order valence-corrected chi connectivity index (χ2v) is 5.96. The Balaban J connectivity index is 0.00000162. The molecule has 6 heteroatoms. The van der Waals surface area contributed by atoms with Crippen LogP contribution in [0.4, 0.5) is 0 Å². The van der Waals surface area contributed by atoms with Gasteiger partial charge in [0.2, 0.25) is 0 Å². The van der Waals surface area contributed by atoms with Crippen LogP contribution in [0.3, 0.4) is 0 Å². The number of aryl methyl sites for hydroxylation is 1. The van der Waals surface area contributed by atoms with Crippen molar-refractivity contribution in [3.8, 4) is 0 Å². The average molecular weight is 309 g/mol. The van der Waals surface area contributed by atoms with Gasteiger partial charge in [-0.1, -0.05) is 11.6 Å². The van der Waals surface area contributed by atoms with Crippen molar-refractivity contribution in [2.24, 2.45) is 11.7 Å². The van der Waals surface area contributed by atoms with Crippen LogP contribution >= 0.6 is 35.3 Å². The Labute approximate surface area is 123 Å². The number of halogens is 2. The summed E-state index contributed by atoms with van der Waals surface area (Å²) in [5, 5.41) is 2.53. The number of rotatable bonds is 2. The minimum Gasteiger partial charge on any atom is -0.335 e. The lowest BCUT2D eigenvalue weighted by Crippen LogP contribution is -2.34. The molecule has 3 nitrogen and oxygen atoms in total. The second-order valence-electron chi connectivity index (χ2n) is 4.71. The van der Waals surface area contributed by atoms with Crippen LogP contribution in [-0.2, 0) is 0 Å². The molecule has 0 radical (unpaired) electrons. The van der Waals surface area contributed by atoms with Crippen molar-refractivity contribution < 1.29 is 4.79 Å². The Hall–Kier alpha value is -0.290. The zero-order valence-electron chi connectivity index (χ0n) is 10.5. The average Bonchev–Trinajstić information content (AvgIpc) is 2.83. The second kappa shape index (κ2) is 6.24. The van der Waals surface area contributed by atoms with Gasteiger partial charge in [-0.05, 0) is 43.7 Å². The molecule has 18 heavy (non-hydrogen) atoms. The highest BCUT2D eigenvalue weighted by Gasteiger charge is 2.33. The maximum Gasteiger partial charge on any atom is 0.265 e. The number of thiophene rings is 1. The maximum absolute atomic E-state index is 12.4. The number of carbonyl (C=O) groups excluding carboxylic acids is 1. The van der Waals surface area contributed by atoms with Gasteiger partial charge in [-0.3, -0.25) is 4.79 Å². The SMILES string of the molecule is Cc1csc(C(=O)N2CC(CN)CC2C)c1Cl.Cl. The minimum atomic E-state index is 0. The van der Waals surface area contributed by atoms with E-state index < -0.39 is 0 Å². The largest absolute Gasteiger partial charge is 0.335 e. The van der Waals surface area contributed by atoms with Crippen molar-refractivity contribution in [1.29, 1.82) is 0 Å². The number of hydrogen-bond acceptors (Lipinski definition) is 3. The molecule has 2 N–H and O–H groups in total. The van der Waals surface area contributed by atoms with Gasteiger partial charge in [0.25, 0.3) is 5.91 Å². The van der Waals surface area contributed by atoms with Gasteiger partial charge in [0.15, 0.2) is 0 Å². The summed E-state index contributed by atoms with van der Waals surface area (Å²) in [6.45, 7) is 5.39. The van der Waals surface area contributed by atoms with Crippen molar-refractivity contribution in [3.05, 3.63) is 20.8 Å². The van der Waals surface area contributed by atoms with Gasteiger partial charge in [-0.2, -0.15) is 0 Å². The molecule has 0 saturated carbocycles. The molecule has 0 aromatic carbocycles. The van der Waals surface area contributed by atoms with E-state index in [1.165, 1.54) is 11.3 Å².